The van der Waals surface area contributed by atoms with E-state index in [-0.39, 0.29) is 0 Å². The third-order valence-electron chi connectivity index (χ3n) is 1.43. The molecule has 0 aliphatic rings. The summed E-state index contributed by atoms with van der Waals surface area (Å²) in [4.78, 5) is 0. The molecule has 0 fully saturated rings. The van der Waals surface area contributed by atoms with E-state index >= 15 is 0 Å². The Balaban J connectivity index is 2.76. The lowest BCUT2D eigenvalue weighted by Crippen LogP contribution is -1.82. The average molecular weight is 168 g/mol. The van der Waals surface area contributed by atoms with Gasteiger partial charge in [-0.3, -0.25) is 0 Å². The minimum atomic E-state index is 0.972. The Hall–Kier alpha value is -0.700. The van der Waals surface area contributed by atoms with E-state index in [1.165, 1.54) is 11.7 Å². The zero-order chi connectivity index (χ0) is 8.10. The van der Waals surface area contributed by atoms with Gasteiger partial charge in [0, 0.05) is 0 Å². The van der Waals surface area contributed by atoms with Crippen molar-refractivity contribution < 1.29 is 0 Å². The minimum Gasteiger partial charge on any atom is -0.177 e. The lowest BCUT2D eigenvalue weighted by atomic mass is 10.2. The van der Waals surface area contributed by atoms with Gasteiger partial charge in [0.25, 0.3) is 0 Å². The van der Waals surface area contributed by atoms with Crippen LogP contribution in [-0.4, -0.2) is 8.75 Å². The summed E-state index contributed by atoms with van der Waals surface area (Å²) in [5, 5.41) is 0. The molecule has 1 aromatic heterocycles. The number of allylic oxidation sites excluding steroid dienone is 1. The molecule has 0 saturated carbocycles. The van der Waals surface area contributed by atoms with Crippen LogP contribution in [0.1, 0.15) is 31.7 Å². The Labute approximate surface area is 71.3 Å². The van der Waals surface area contributed by atoms with E-state index in [0.717, 1.165) is 24.2 Å². The van der Waals surface area contributed by atoms with Crippen LogP contribution in [0.4, 0.5) is 0 Å². The molecule has 3 heteroatoms. The van der Waals surface area contributed by atoms with E-state index in [0.29, 0.717) is 0 Å². The first-order valence-electron chi connectivity index (χ1n) is 3.86. The van der Waals surface area contributed by atoms with Gasteiger partial charge in [-0.15, -0.1) is 0 Å². The number of aryl methyl sites for hydroxylation is 1. The van der Waals surface area contributed by atoms with Crippen molar-refractivity contribution in [1.29, 1.82) is 0 Å². The van der Waals surface area contributed by atoms with Crippen LogP contribution in [0.25, 0.3) is 6.08 Å². The van der Waals surface area contributed by atoms with Crippen molar-refractivity contribution in [2.45, 2.75) is 26.7 Å². The fourth-order valence-electron chi connectivity index (χ4n) is 0.815. The highest BCUT2D eigenvalue weighted by Crippen LogP contribution is 2.08. The Morgan fingerprint density at radius 1 is 1.36 bits per heavy atom. The molecule has 0 aliphatic carbocycles. The fourth-order valence-corrected chi connectivity index (χ4v) is 1.43. The SMILES string of the molecule is CC/C=C\c1nsnc1CC. The zero-order valence-corrected chi connectivity index (χ0v) is 7.69. The largest absolute Gasteiger partial charge is 0.177 e. The molecule has 0 saturated heterocycles. The predicted octanol–water partition coefficient (Wildman–Crippen LogP) is 2.52. The minimum absolute atomic E-state index is 0.972. The summed E-state index contributed by atoms with van der Waals surface area (Å²) in [6.45, 7) is 4.21. The van der Waals surface area contributed by atoms with E-state index in [2.05, 4.69) is 28.7 Å². The smallest absolute Gasteiger partial charge is 0.0998 e. The molecule has 0 N–H and O–H groups in total. The van der Waals surface area contributed by atoms with Crippen molar-refractivity contribution >= 4 is 17.8 Å². The standard InChI is InChI=1S/C8H12N2S/c1-3-5-6-8-7(4-2)9-11-10-8/h5-6H,3-4H2,1-2H3/b6-5-. The maximum atomic E-state index is 4.17. The van der Waals surface area contributed by atoms with Gasteiger partial charge in [-0.1, -0.05) is 19.9 Å². The quantitative estimate of drug-likeness (QED) is 0.693. The molecule has 0 spiro atoms. The molecular formula is C8H12N2S. The summed E-state index contributed by atoms with van der Waals surface area (Å²) in [6.07, 6.45) is 6.18. The summed E-state index contributed by atoms with van der Waals surface area (Å²) in [7, 11) is 0. The molecule has 0 aliphatic heterocycles. The molecule has 0 radical (unpaired) electrons. The van der Waals surface area contributed by atoms with Crippen LogP contribution in [-0.2, 0) is 6.42 Å². The summed E-state index contributed by atoms with van der Waals surface area (Å²) in [5.74, 6) is 0. The van der Waals surface area contributed by atoms with Crippen molar-refractivity contribution in [2.75, 3.05) is 0 Å². The van der Waals surface area contributed by atoms with E-state index in [4.69, 9.17) is 0 Å². The first kappa shape index (κ1) is 8.40. The van der Waals surface area contributed by atoms with E-state index in [1.807, 2.05) is 6.08 Å². The Morgan fingerprint density at radius 2 is 2.18 bits per heavy atom. The molecule has 11 heavy (non-hydrogen) atoms. The fraction of sp³-hybridized carbons (Fsp3) is 0.500. The molecule has 0 unspecified atom stereocenters. The van der Waals surface area contributed by atoms with E-state index < -0.39 is 0 Å². The second-order valence-electron chi connectivity index (χ2n) is 2.26. The highest BCUT2D eigenvalue weighted by Gasteiger charge is 2.00. The van der Waals surface area contributed by atoms with Gasteiger partial charge in [0.2, 0.25) is 0 Å². The van der Waals surface area contributed by atoms with Crippen molar-refractivity contribution in [3.05, 3.63) is 17.5 Å². The van der Waals surface area contributed by atoms with Crippen LogP contribution in [0, 0.1) is 0 Å². The molecule has 1 rings (SSSR count). The summed E-state index contributed by atoms with van der Waals surface area (Å²) >= 11 is 1.29. The first-order valence-corrected chi connectivity index (χ1v) is 4.59. The van der Waals surface area contributed by atoms with Crippen LogP contribution in [0.3, 0.4) is 0 Å². The molecule has 2 nitrogen and oxygen atoms in total. The van der Waals surface area contributed by atoms with Gasteiger partial charge < -0.3 is 0 Å². The maximum absolute atomic E-state index is 4.17. The zero-order valence-electron chi connectivity index (χ0n) is 6.87. The van der Waals surface area contributed by atoms with Crippen LogP contribution in [0.2, 0.25) is 0 Å². The van der Waals surface area contributed by atoms with Gasteiger partial charge in [-0.05, 0) is 18.9 Å². The highest BCUT2D eigenvalue weighted by molar-refractivity contribution is 6.99. The normalized spacial score (nSPS) is 11.1. The van der Waals surface area contributed by atoms with E-state index in [1.54, 1.807) is 0 Å². The van der Waals surface area contributed by atoms with Gasteiger partial charge in [-0.25, -0.2) is 0 Å². The van der Waals surface area contributed by atoms with Crippen LogP contribution >= 0.6 is 11.7 Å². The topological polar surface area (TPSA) is 25.8 Å². The van der Waals surface area contributed by atoms with Crippen molar-refractivity contribution in [3.63, 3.8) is 0 Å². The molecule has 0 amide bonds. The third kappa shape index (κ3) is 2.12. The number of nitrogens with zero attached hydrogens (tertiary/aromatic N) is 2. The van der Waals surface area contributed by atoms with Crippen molar-refractivity contribution in [3.8, 4) is 0 Å². The summed E-state index contributed by atoms with van der Waals surface area (Å²) in [6, 6.07) is 0. The molecular weight excluding hydrogens is 156 g/mol. The van der Waals surface area contributed by atoms with Gasteiger partial charge in [-0.2, -0.15) is 8.75 Å². The molecule has 0 bridgehead atoms. The predicted molar refractivity (Wildman–Crippen MR) is 48.6 cm³/mol. The summed E-state index contributed by atoms with van der Waals surface area (Å²) < 4.78 is 8.34. The summed E-state index contributed by atoms with van der Waals surface area (Å²) in [5.41, 5.74) is 2.15. The molecule has 60 valence electrons. The third-order valence-corrected chi connectivity index (χ3v) is 2.01. The van der Waals surface area contributed by atoms with Crippen molar-refractivity contribution in [2.24, 2.45) is 0 Å². The lowest BCUT2D eigenvalue weighted by molar-refractivity contribution is 1.07. The Bertz CT molecular complexity index is 240. The Morgan fingerprint density at radius 3 is 2.82 bits per heavy atom. The second-order valence-corrected chi connectivity index (χ2v) is 2.79. The number of aromatic nitrogens is 2. The van der Waals surface area contributed by atoms with Crippen LogP contribution < -0.4 is 0 Å². The van der Waals surface area contributed by atoms with Gasteiger partial charge in [0.1, 0.15) is 0 Å². The monoisotopic (exact) mass is 168 g/mol. The van der Waals surface area contributed by atoms with Gasteiger partial charge in [0.15, 0.2) is 0 Å². The highest BCUT2D eigenvalue weighted by atomic mass is 32.1. The Kier molecular flexibility index (Phi) is 3.23. The lowest BCUT2D eigenvalue weighted by Gasteiger charge is -1.87. The van der Waals surface area contributed by atoms with E-state index in [9.17, 15) is 0 Å². The molecule has 1 aromatic rings. The first-order chi connectivity index (χ1) is 5.38. The van der Waals surface area contributed by atoms with Crippen LogP contribution in [0.5, 0.6) is 0 Å². The average Bonchev–Trinajstić information content (AvgIpc) is 2.47. The number of hydrogen-bond acceptors (Lipinski definition) is 3. The molecule has 0 atom stereocenters. The maximum Gasteiger partial charge on any atom is 0.0998 e. The number of rotatable bonds is 3. The van der Waals surface area contributed by atoms with Gasteiger partial charge >= 0.3 is 0 Å². The molecule has 1 heterocycles. The van der Waals surface area contributed by atoms with Crippen LogP contribution in [0.15, 0.2) is 6.08 Å². The van der Waals surface area contributed by atoms with Crippen molar-refractivity contribution in [1.82, 2.24) is 8.75 Å². The molecule has 0 aromatic carbocycles. The van der Waals surface area contributed by atoms with Gasteiger partial charge in [0.05, 0.1) is 23.1 Å². The second kappa shape index (κ2) is 4.23. The number of hydrogen-bond donors (Lipinski definition) is 0.